The van der Waals surface area contributed by atoms with E-state index in [0.29, 0.717) is 18.0 Å². The van der Waals surface area contributed by atoms with Crippen molar-refractivity contribution in [3.63, 3.8) is 0 Å². The Bertz CT molecular complexity index is 659. The molecule has 0 radical (unpaired) electrons. The number of unbranched alkanes of at least 4 members (excludes halogenated alkanes) is 1. The molecule has 2 rings (SSSR count). The first-order valence-electron chi connectivity index (χ1n) is 7.25. The van der Waals surface area contributed by atoms with Gasteiger partial charge in [-0.3, -0.25) is 5.32 Å². The highest BCUT2D eigenvalue weighted by Crippen LogP contribution is 2.18. The predicted octanol–water partition coefficient (Wildman–Crippen LogP) is 4.75. The molecule has 0 unspecified atom stereocenters. The van der Waals surface area contributed by atoms with Crippen LogP contribution in [0.3, 0.4) is 0 Å². The zero-order valence-electron chi connectivity index (χ0n) is 12.6. The van der Waals surface area contributed by atoms with Crippen LogP contribution in [0.4, 0.5) is 19.3 Å². The fraction of sp³-hybridized carbons (Fsp3) is 0.235. The zero-order chi connectivity index (χ0) is 16.7. The molecule has 0 aliphatic heterocycles. The van der Waals surface area contributed by atoms with Crippen LogP contribution in [0.5, 0.6) is 11.5 Å². The number of hydrogen-bond acceptors (Lipinski definition) is 3. The second-order valence-corrected chi connectivity index (χ2v) is 4.82. The Balaban J connectivity index is 1.88. The van der Waals surface area contributed by atoms with Gasteiger partial charge in [-0.25, -0.2) is 13.6 Å². The van der Waals surface area contributed by atoms with E-state index in [1.807, 2.05) is 0 Å². The largest absolute Gasteiger partial charge is 0.494 e. The van der Waals surface area contributed by atoms with Crippen molar-refractivity contribution in [1.82, 2.24) is 0 Å². The second kappa shape index (κ2) is 8.12. The van der Waals surface area contributed by atoms with Crippen LogP contribution >= 0.6 is 0 Å². The molecule has 1 amide bonds. The molecular weight excluding hydrogens is 304 g/mol. The third-order valence-electron chi connectivity index (χ3n) is 2.97. The molecule has 0 saturated heterocycles. The highest BCUT2D eigenvalue weighted by molar-refractivity contribution is 5.86. The first kappa shape index (κ1) is 16.7. The number of ether oxygens (including phenoxy) is 2. The number of carbonyl (C=O) groups excluding carboxylic acids is 1. The van der Waals surface area contributed by atoms with Gasteiger partial charge in [-0.2, -0.15) is 0 Å². The van der Waals surface area contributed by atoms with Crippen LogP contribution in [0.2, 0.25) is 0 Å². The van der Waals surface area contributed by atoms with Crippen molar-refractivity contribution in [2.24, 2.45) is 0 Å². The summed E-state index contributed by atoms with van der Waals surface area (Å²) < 4.78 is 36.2. The van der Waals surface area contributed by atoms with E-state index in [-0.39, 0.29) is 5.75 Å². The smallest absolute Gasteiger partial charge is 0.417 e. The molecule has 23 heavy (non-hydrogen) atoms. The van der Waals surface area contributed by atoms with Gasteiger partial charge in [0.25, 0.3) is 0 Å². The lowest BCUT2D eigenvalue weighted by Gasteiger charge is -2.08. The summed E-state index contributed by atoms with van der Waals surface area (Å²) in [6, 6.07) is 9.63. The summed E-state index contributed by atoms with van der Waals surface area (Å²) in [4.78, 5) is 11.7. The van der Waals surface area contributed by atoms with Gasteiger partial charge < -0.3 is 9.47 Å². The lowest BCUT2D eigenvalue weighted by Crippen LogP contribution is -2.16. The van der Waals surface area contributed by atoms with Gasteiger partial charge in [-0.05, 0) is 42.8 Å². The van der Waals surface area contributed by atoms with Gasteiger partial charge >= 0.3 is 6.09 Å². The lowest BCUT2D eigenvalue weighted by molar-refractivity contribution is 0.215. The molecule has 0 spiro atoms. The van der Waals surface area contributed by atoms with Gasteiger partial charge in [0.1, 0.15) is 11.5 Å². The van der Waals surface area contributed by atoms with Gasteiger partial charge in [0.15, 0.2) is 11.6 Å². The summed E-state index contributed by atoms with van der Waals surface area (Å²) >= 11 is 0. The normalized spacial score (nSPS) is 10.2. The molecule has 122 valence electrons. The van der Waals surface area contributed by atoms with Crippen molar-refractivity contribution in [3.8, 4) is 11.5 Å². The molecule has 1 N–H and O–H groups in total. The van der Waals surface area contributed by atoms with E-state index in [1.54, 1.807) is 24.3 Å². The molecular formula is C17H17F2NO3. The molecule has 0 heterocycles. The van der Waals surface area contributed by atoms with E-state index in [9.17, 15) is 13.6 Å². The summed E-state index contributed by atoms with van der Waals surface area (Å²) in [5, 5.41) is 2.49. The van der Waals surface area contributed by atoms with Gasteiger partial charge in [-0.1, -0.05) is 13.3 Å². The van der Waals surface area contributed by atoms with E-state index >= 15 is 0 Å². The van der Waals surface area contributed by atoms with Crippen molar-refractivity contribution < 1.29 is 23.0 Å². The maximum absolute atomic E-state index is 13.0. The summed E-state index contributed by atoms with van der Waals surface area (Å²) in [7, 11) is 0. The molecule has 0 aromatic heterocycles. The molecule has 0 bridgehead atoms. The highest BCUT2D eigenvalue weighted by atomic mass is 19.2. The van der Waals surface area contributed by atoms with Crippen molar-refractivity contribution in [2.75, 3.05) is 11.9 Å². The number of benzene rings is 2. The van der Waals surface area contributed by atoms with Crippen LogP contribution in [0, 0.1) is 11.6 Å². The molecule has 0 aliphatic carbocycles. The summed E-state index contributed by atoms with van der Waals surface area (Å²) in [6.07, 6.45) is 1.23. The van der Waals surface area contributed by atoms with Gasteiger partial charge in [0.2, 0.25) is 0 Å². The predicted molar refractivity (Wildman–Crippen MR) is 82.8 cm³/mol. The molecule has 2 aromatic rings. The van der Waals surface area contributed by atoms with Crippen LogP contribution in [-0.2, 0) is 0 Å². The number of halogens is 2. The monoisotopic (exact) mass is 321 g/mol. The van der Waals surface area contributed by atoms with E-state index in [2.05, 4.69) is 12.2 Å². The van der Waals surface area contributed by atoms with E-state index < -0.39 is 17.7 Å². The molecule has 2 aromatic carbocycles. The minimum atomic E-state index is -1.08. The zero-order valence-corrected chi connectivity index (χ0v) is 12.6. The Kier molecular flexibility index (Phi) is 5.91. The topological polar surface area (TPSA) is 47.6 Å². The maximum atomic E-state index is 13.0. The Morgan fingerprint density at radius 3 is 2.39 bits per heavy atom. The van der Waals surface area contributed by atoms with Crippen LogP contribution < -0.4 is 14.8 Å². The fourth-order valence-corrected chi connectivity index (χ4v) is 1.76. The molecule has 0 aliphatic rings. The van der Waals surface area contributed by atoms with Crippen LogP contribution in [0.15, 0.2) is 42.5 Å². The molecule has 0 fully saturated rings. The minimum absolute atomic E-state index is 0.0825. The van der Waals surface area contributed by atoms with Crippen molar-refractivity contribution in [1.29, 1.82) is 0 Å². The standard InChI is InChI=1S/C17H17F2NO3/c1-2-3-10-22-13-6-4-12(5-7-13)20-17(21)23-14-8-9-15(18)16(19)11-14/h4-9,11H,2-3,10H2,1H3,(H,20,21). The van der Waals surface area contributed by atoms with Crippen molar-refractivity contribution >= 4 is 11.8 Å². The minimum Gasteiger partial charge on any atom is -0.494 e. The number of carbonyl (C=O) groups is 1. The molecule has 6 heteroatoms. The van der Waals surface area contributed by atoms with Crippen molar-refractivity contribution in [3.05, 3.63) is 54.1 Å². The third-order valence-corrected chi connectivity index (χ3v) is 2.97. The third kappa shape index (κ3) is 5.25. The first-order valence-corrected chi connectivity index (χ1v) is 7.25. The highest BCUT2D eigenvalue weighted by Gasteiger charge is 2.08. The van der Waals surface area contributed by atoms with Crippen molar-refractivity contribution in [2.45, 2.75) is 19.8 Å². The number of nitrogens with one attached hydrogen (secondary N) is 1. The van der Waals surface area contributed by atoms with E-state index in [1.165, 1.54) is 6.07 Å². The number of amides is 1. The summed E-state index contributed by atoms with van der Waals surface area (Å²) in [6.45, 7) is 2.72. The summed E-state index contributed by atoms with van der Waals surface area (Å²) in [5.74, 6) is -1.46. The lowest BCUT2D eigenvalue weighted by atomic mass is 10.3. The Morgan fingerprint density at radius 1 is 1.04 bits per heavy atom. The average Bonchev–Trinajstić information content (AvgIpc) is 2.53. The first-order chi connectivity index (χ1) is 11.1. The Hall–Kier alpha value is -2.63. The fourth-order valence-electron chi connectivity index (χ4n) is 1.76. The van der Waals surface area contributed by atoms with E-state index in [0.717, 1.165) is 25.0 Å². The number of hydrogen-bond donors (Lipinski definition) is 1. The van der Waals surface area contributed by atoms with E-state index in [4.69, 9.17) is 9.47 Å². The van der Waals surface area contributed by atoms with Gasteiger partial charge in [0.05, 0.1) is 6.61 Å². The molecule has 0 saturated carbocycles. The summed E-state index contributed by atoms with van der Waals surface area (Å²) in [5.41, 5.74) is 0.500. The number of anilines is 1. The quantitative estimate of drug-likeness (QED) is 0.781. The average molecular weight is 321 g/mol. The SMILES string of the molecule is CCCCOc1ccc(NC(=O)Oc2ccc(F)c(F)c2)cc1. The van der Waals surface area contributed by atoms with Crippen LogP contribution in [0.1, 0.15) is 19.8 Å². The van der Waals surface area contributed by atoms with Crippen LogP contribution in [0.25, 0.3) is 0 Å². The number of rotatable bonds is 6. The molecule has 4 nitrogen and oxygen atoms in total. The maximum Gasteiger partial charge on any atom is 0.417 e. The van der Waals surface area contributed by atoms with Crippen LogP contribution in [-0.4, -0.2) is 12.7 Å². The Labute approximate surface area is 133 Å². The van der Waals surface area contributed by atoms with Gasteiger partial charge in [-0.15, -0.1) is 0 Å². The Morgan fingerprint density at radius 2 is 1.74 bits per heavy atom. The molecule has 0 atom stereocenters. The van der Waals surface area contributed by atoms with Gasteiger partial charge in [0, 0.05) is 11.8 Å². The second-order valence-electron chi connectivity index (χ2n) is 4.82.